The Morgan fingerprint density at radius 1 is 1.64 bits per heavy atom. The molecule has 0 aromatic heterocycles. The molecule has 11 heavy (non-hydrogen) atoms. The van der Waals surface area contributed by atoms with E-state index in [2.05, 4.69) is 0 Å². The predicted octanol–water partition coefficient (Wildman–Crippen LogP) is -0.406. The molecule has 7 heteroatoms. The maximum Gasteiger partial charge on any atom is 0.394 e. The Hall–Kier alpha value is -0.680. The molecule has 0 amide bonds. The SMILES string of the molecule is CC[C@H](N)C#N.O=S(=O)(O)O. The topological polar surface area (TPSA) is 124 Å². The van der Waals surface area contributed by atoms with Crippen LogP contribution in [0.15, 0.2) is 0 Å². The summed E-state index contributed by atoms with van der Waals surface area (Å²) in [5.41, 5.74) is 5.11. The molecule has 6 nitrogen and oxygen atoms in total. The lowest BCUT2D eigenvalue weighted by Crippen LogP contribution is -2.14. The summed E-state index contributed by atoms with van der Waals surface area (Å²) in [6.45, 7) is 1.88. The van der Waals surface area contributed by atoms with Gasteiger partial charge in [0.1, 0.15) is 0 Å². The highest BCUT2D eigenvalue weighted by Gasteiger charge is 1.88. The van der Waals surface area contributed by atoms with Crippen molar-refractivity contribution in [3.05, 3.63) is 0 Å². The second-order valence-electron chi connectivity index (χ2n) is 1.59. The van der Waals surface area contributed by atoms with Crippen molar-refractivity contribution in [3.63, 3.8) is 0 Å². The van der Waals surface area contributed by atoms with Crippen LogP contribution in [0.1, 0.15) is 13.3 Å². The quantitative estimate of drug-likeness (QED) is 0.473. The maximum absolute atomic E-state index is 8.74. The van der Waals surface area contributed by atoms with Gasteiger partial charge in [0.15, 0.2) is 0 Å². The molecule has 0 radical (unpaired) electrons. The molecule has 4 N–H and O–H groups in total. The first-order valence-corrected chi connectivity index (χ1v) is 4.06. The van der Waals surface area contributed by atoms with Gasteiger partial charge in [0, 0.05) is 0 Å². The number of rotatable bonds is 1. The van der Waals surface area contributed by atoms with E-state index >= 15 is 0 Å². The number of nitrogens with zero attached hydrogens (tertiary/aromatic N) is 1. The average molecular weight is 182 g/mol. The highest BCUT2D eigenvalue weighted by molar-refractivity contribution is 7.79. The molecule has 0 bridgehead atoms. The molecular formula is C4H10N2O4S. The van der Waals surface area contributed by atoms with E-state index in [4.69, 9.17) is 28.5 Å². The first-order chi connectivity index (χ1) is 4.81. The van der Waals surface area contributed by atoms with Crippen LogP contribution >= 0.6 is 0 Å². The summed E-state index contributed by atoms with van der Waals surface area (Å²) in [6.07, 6.45) is 0.747. The van der Waals surface area contributed by atoms with E-state index in [1.807, 2.05) is 13.0 Å². The molecule has 0 rings (SSSR count). The molecular weight excluding hydrogens is 172 g/mol. The minimum Gasteiger partial charge on any atom is -0.316 e. The van der Waals surface area contributed by atoms with E-state index in [0.29, 0.717) is 0 Å². The van der Waals surface area contributed by atoms with Crippen molar-refractivity contribution in [2.24, 2.45) is 5.73 Å². The van der Waals surface area contributed by atoms with Crippen molar-refractivity contribution in [3.8, 4) is 6.07 Å². The summed E-state index contributed by atoms with van der Waals surface area (Å²) in [6, 6.07) is 1.63. The number of nitrogens with two attached hydrogens (primary N) is 1. The van der Waals surface area contributed by atoms with Gasteiger partial charge in [-0.05, 0) is 6.42 Å². The van der Waals surface area contributed by atoms with Crippen LogP contribution < -0.4 is 5.73 Å². The average Bonchev–Trinajstić information content (AvgIpc) is 1.83. The maximum atomic E-state index is 8.74. The minimum atomic E-state index is -4.67. The molecule has 0 unspecified atom stereocenters. The van der Waals surface area contributed by atoms with E-state index in [9.17, 15) is 0 Å². The smallest absolute Gasteiger partial charge is 0.316 e. The van der Waals surface area contributed by atoms with Crippen LogP contribution in [-0.2, 0) is 10.4 Å². The fourth-order valence-corrected chi connectivity index (χ4v) is 0.0913. The lowest BCUT2D eigenvalue weighted by Gasteiger charge is -1.88. The van der Waals surface area contributed by atoms with Crippen molar-refractivity contribution in [1.29, 1.82) is 5.26 Å². The normalized spacial score (nSPS) is 12.3. The summed E-state index contributed by atoms with van der Waals surface area (Å²) in [7, 11) is -4.67. The largest absolute Gasteiger partial charge is 0.394 e. The van der Waals surface area contributed by atoms with Crippen LogP contribution in [0.5, 0.6) is 0 Å². The third-order valence-electron chi connectivity index (χ3n) is 0.606. The van der Waals surface area contributed by atoms with Gasteiger partial charge in [-0.1, -0.05) is 6.92 Å². The fraction of sp³-hybridized carbons (Fsp3) is 0.750. The summed E-state index contributed by atoms with van der Waals surface area (Å²) >= 11 is 0. The fourth-order valence-electron chi connectivity index (χ4n) is 0.0913. The molecule has 0 aromatic rings. The van der Waals surface area contributed by atoms with E-state index in [-0.39, 0.29) is 6.04 Å². The van der Waals surface area contributed by atoms with E-state index < -0.39 is 10.4 Å². The molecule has 0 aliphatic rings. The Morgan fingerprint density at radius 2 is 1.91 bits per heavy atom. The van der Waals surface area contributed by atoms with Gasteiger partial charge in [-0.25, -0.2) is 0 Å². The first-order valence-electron chi connectivity index (χ1n) is 2.66. The number of hydrogen-bond donors (Lipinski definition) is 3. The zero-order valence-electron chi connectivity index (χ0n) is 5.93. The molecule has 66 valence electrons. The Labute approximate surface area is 65.2 Å². The summed E-state index contributed by atoms with van der Waals surface area (Å²) in [5.74, 6) is 0. The zero-order valence-corrected chi connectivity index (χ0v) is 6.74. The van der Waals surface area contributed by atoms with Gasteiger partial charge in [0.25, 0.3) is 0 Å². The Bertz CT molecular complexity index is 209. The Balaban J connectivity index is 0. The Kier molecular flexibility index (Phi) is 7.13. The van der Waals surface area contributed by atoms with Crippen LogP contribution in [-0.4, -0.2) is 23.6 Å². The van der Waals surface area contributed by atoms with E-state index in [0.717, 1.165) is 6.42 Å². The van der Waals surface area contributed by atoms with Gasteiger partial charge in [-0.15, -0.1) is 0 Å². The van der Waals surface area contributed by atoms with Gasteiger partial charge in [0.2, 0.25) is 0 Å². The molecule has 0 fully saturated rings. The van der Waals surface area contributed by atoms with Gasteiger partial charge in [0.05, 0.1) is 12.1 Å². The number of hydrogen-bond acceptors (Lipinski definition) is 4. The molecule has 0 aliphatic carbocycles. The second kappa shape index (κ2) is 6.06. The number of nitriles is 1. The summed E-state index contributed by atoms with van der Waals surface area (Å²) in [5, 5.41) is 7.96. The lowest BCUT2D eigenvalue weighted by atomic mass is 10.3. The van der Waals surface area contributed by atoms with Gasteiger partial charge in [-0.2, -0.15) is 13.7 Å². The van der Waals surface area contributed by atoms with Gasteiger partial charge >= 0.3 is 10.4 Å². The highest BCUT2D eigenvalue weighted by atomic mass is 32.3. The molecule has 0 aliphatic heterocycles. The van der Waals surface area contributed by atoms with Crippen molar-refractivity contribution >= 4 is 10.4 Å². The van der Waals surface area contributed by atoms with Crippen molar-refractivity contribution in [1.82, 2.24) is 0 Å². The van der Waals surface area contributed by atoms with Crippen molar-refractivity contribution in [2.45, 2.75) is 19.4 Å². The van der Waals surface area contributed by atoms with Crippen LogP contribution in [0.2, 0.25) is 0 Å². The summed E-state index contributed by atoms with van der Waals surface area (Å²) in [4.78, 5) is 0. The van der Waals surface area contributed by atoms with Gasteiger partial charge in [-0.3, -0.25) is 9.11 Å². The van der Waals surface area contributed by atoms with E-state index in [1.165, 1.54) is 0 Å². The molecule has 1 atom stereocenters. The molecule has 0 spiro atoms. The van der Waals surface area contributed by atoms with Crippen LogP contribution in [0.4, 0.5) is 0 Å². The van der Waals surface area contributed by atoms with Crippen molar-refractivity contribution < 1.29 is 17.5 Å². The van der Waals surface area contributed by atoms with Crippen LogP contribution in [0.25, 0.3) is 0 Å². The standard InChI is InChI=1S/C4H8N2.H2O4S/c1-2-4(6)3-5;1-5(2,3)4/h4H,2,6H2,1H3;(H2,1,2,3,4)/t4-;/m0./s1. The summed E-state index contributed by atoms with van der Waals surface area (Å²) < 4.78 is 31.6. The van der Waals surface area contributed by atoms with Crippen LogP contribution in [0, 0.1) is 11.3 Å². The molecule has 0 aromatic carbocycles. The van der Waals surface area contributed by atoms with Crippen LogP contribution in [0.3, 0.4) is 0 Å². The molecule has 0 heterocycles. The first kappa shape index (κ1) is 12.9. The highest BCUT2D eigenvalue weighted by Crippen LogP contribution is 1.77. The van der Waals surface area contributed by atoms with Crippen molar-refractivity contribution in [2.75, 3.05) is 0 Å². The van der Waals surface area contributed by atoms with Gasteiger partial charge < -0.3 is 5.73 Å². The third kappa shape index (κ3) is 45.3. The second-order valence-corrected chi connectivity index (χ2v) is 2.49. The zero-order chi connectivity index (χ0) is 9.49. The predicted molar refractivity (Wildman–Crippen MR) is 38.1 cm³/mol. The monoisotopic (exact) mass is 182 g/mol. The minimum absolute atomic E-state index is 0.259. The molecule has 0 saturated carbocycles. The third-order valence-corrected chi connectivity index (χ3v) is 0.606. The van der Waals surface area contributed by atoms with E-state index in [1.54, 1.807) is 0 Å². The Morgan fingerprint density at radius 3 is 1.91 bits per heavy atom. The lowest BCUT2D eigenvalue weighted by molar-refractivity contribution is 0.381. The molecule has 0 saturated heterocycles.